The highest BCUT2D eigenvalue weighted by molar-refractivity contribution is 5.89. The molecule has 214 valence electrons. The zero-order chi connectivity index (χ0) is 28.9. The van der Waals surface area contributed by atoms with E-state index in [0.29, 0.717) is 17.9 Å². The van der Waals surface area contributed by atoms with E-state index in [1.807, 2.05) is 0 Å². The van der Waals surface area contributed by atoms with Crippen molar-refractivity contribution in [3.8, 4) is 0 Å². The smallest absolute Gasteiger partial charge is 0.416 e. The van der Waals surface area contributed by atoms with Gasteiger partial charge in [-0.25, -0.2) is 18.6 Å². The molecule has 0 saturated carbocycles. The summed E-state index contributed by atoms with van der Waals surface area (Å²) in [6, 6.07) is -0.172. The molecular formula is C25H30F5N5O4. The van der Waals surface area contributed by atoms with Crippen LogP contribution in [0.4, 0.5) is 26.7 Å². The molecule has 2 aromatic rings. The van der Waals surface area contributed by atoms with Crippen molar-refractivity contribution >= 4 is 12.0 Å². The first kappa shape index (κ1) is 28.7. The number of alkyl halides is 3. The number of hydrogen-bond acceptors (Lipinski definition) is 6. The van der Waals surface area contributed by atoms with Crippen LogP contribution in [0.1, 0.15) is 67.8 Å². The van der Waals surface area contributed by atoms with E-state index >= 15 is 0 Å². The molecule has 0 aliphatic carbocycles. The Morgan fingerprint density at radius 2 is 1.90 bits per heavy atom. The zero-order valence-corrected chi connectivity index (χ0v) is 21.8. The van der Waals surface area contributed by atoms with Crippen molar-refractivity contribution in [1.82, 2.24) is 19.8 Å². The van der Waals surface area contributed by atoms with Gasteiger partial charge in [-0.1, -0.05) is 0 Å². The number of nitrogens with one attached hydrogen (secondary N) is 1. The van der Waals surface area contributed by atoms with Gasteiger partial charge in [-0.2, -0.15) is 13.2 Å². The van der Waals surface area contributed by atoms with E-state index in [1.165, 1.54) is 4.90 Å². The van der Waals surface area contributed by atoms with Gasteiger partial charge >= 0.3 is 12.3 Å². The number of rotatable bonds is 5. The van der Waals surface area contributed by atoms with Crippen molar-refractivity contribution in [2.45, 2.75) is 89.8 Å². The number of fused-ring (bicyclic) bond motifs is 1. The van der Waals surface area contributed by atoms with Crippen LogP contribution in [-0.2, 0) is 29.1 Å². The second-order valence-electron chi connectivity index (χ2n) is 10.6. The van der Waals surface area contributed by atoms with Crippen LogP contribution in [0.3, 0.4) is 0 Å². The maximum Gasteiger partial charge on any atom is 0.416 e. The normalized spacial score (nSPS) is 23.9. The summed E-state index contributed by atoms with van der Waals surface area (Å²) >= 11 is 0. The highest BCUT2D eigenvalue weighted by Crippen LogP contribution is 2.43. The number of benzene rings is 1. The zero-order valence-electron chi connectivity index (χ0n) is 21.8. The van der Waals surface area contributed by atoms with Crippen LogP contribution >= 0.6 is 0 Å². The molecule has 2 aliphatic rings. The lowest BCUT2D eigenvalue weighted by Crippen LogP contribution is -2.59. The van der Waals surface area contributed by atoms with Crippen molar-refractivity contribution in [2.75, 3.05) is 0 Å². The number of carbonyl (C=O) groups is 2. The number of aromatic nitrogens is 2. The molecule has 1 aromatic heterocycles. The largest absolute Gasteiger partial charge is 0.444 e. The quantitative estimate of drug-likeness (QED) is 0.537. The molecule has 4 atom stereocenters. The monoisotopic (exact) mass is 559 g/mol. The number of alkyl carbamates (subject to hydrolysis) is 1. The number of nitrogens with zero attached hydrogens (tertiary/aromatic N) is 3. The Bertz CT molecular complexity index is 1260. The second-order valence-corrected chi connectivity index (χ2v) is 10.6. The SMILES string of the molecule is CCn1c(C(N)=O)nc2c1CN([C@@H]1C[C@H](NC(=O)OC(C)(C)C)[C@@H](c3cc(F)ccc3F)O[C@@H]1C(F)(F)F)C2. The lowest BCUT2D eigenvalue weighted by atomic mass is 9.88. The molecule has 1 aromatic carbocycles. The Morgan fingerprint density at radius 3 is 2.49 bits per heavy atom. The van der Waals surface area contributed by atoms with E-state index in [-0.39, 0.29) is 25.3 Å². The fourth-order valence-corrected chi connectivity index (χ4v) is 5.15. The van der Waals surface area contributed by atoms with Crippen LogP contribution in [0.5, 0.6) is 0 Å². The van der Waals surface area contributed by atoms with Crippen molar-refractivity contribution in [3.05, 3.63) is 52.6 Å². The topological polar surface area (TPSA) is 112 Å². The van der Waals surface area contributed by atoms with Crippen LogP contribution in [-0.4, -0.2) is 56.4 Å². The first-order valence-electron chi connectivity index (χ1n) is 12.4. The van der Waals surface area contributed by atoms with Gasteiger partial charge in [-0.05, 0) is 52.3 Å². The van der Waals surface area contributed by atoms with Gasteiger partial charge in [0.25, 0.3) is 5.91 Å². The molecule has 9 nitrogen and oxygen atoms in total. The van der Waals surface area contributed by atoms with Crippen molar-refractivity contribution < 1.29 is 41.0 Å². The molecule has 2 amide bonds. The molecule has 0 unspecified atom stereocenters. The van der Waals surface area contributed by atoms with E-state index in [9.17, 15) is 31.5 Å². The first-order valence-corrected chi connectivity index (χ1v) is 12.4. The summed E-state index contributed by atoms with van der Waals surface area (Å²) in [5.41, 5.74) is 4.96. The number of carbonyl (C=O) groups excluding carboxylic acids is 2. The highest BCUT2D eigenvalue weighted by Gasteiger charge is 2.55. The van der Waals surface area contributed by atoms with Gasteiger partial charge in [-0.15, -0.1) is 0 Å². The Kier molecular flexibility index (Phi) is 7.65. The lowest BCUT2D eigenvalue weighted by Gasteiger charge is -2.45. The number of halogens is 5. The molecule has 39 heavy (non-hydrogen) atoms. The van der Waals surface area contributed by atoms with Crippen LogP contribution in [0.2, 0.25) is 0 Å². The third-order valence-corrected chi connectivity index (χ3v) is 6.66. The van der Waals surface area contributed by atoms with Crippen molar-refractivity contribution in [2.24, 2.45) is 5.73 Å². The van der Waals surface area contributed by atoms with Gasteiger partial charge in [0.05, 0.1) is 17.4 Å². The number of primary amides is 1. The van der Waals surface area contributed by atoms with Crippen molar-refractivity contribution in [1.29, 1.82) is 0 Å². The van der Waals surface area contributed by atoms with Gasteiger partial charge in [0.1, 0.15) is 23.3 Å². The lowest BCUT2D eigenvalue weighted by molar-refractivity contribution is -0.270. The minimum Gasteiger partial charge on any atom is -0.444 e. The molecule has 0 radical (unpaired) electrons. The number of ether oxygens (including phenoxy) is 2. The number of nitrogens with two attached hydrogens (primary N) is 1. The fourth-order valence-electron chi connectivity index (χ4n) is 5.15. The maximum absolute atomic E-state index is 14.8. The molecular weight excluding hydrogens is 529 g/mol. The summed E-state index contributed by atoms with van der Waals surface area (Å²) in [6.45, 7) is 6.85. The summed E-state index contributed by atoms with van der Waals surface area (Å²) in [5, 5.41) is 2.51. The summed E-state index contributed by atoms with van der Waals surface area (Å²) < 4.78 is 84.2. The Labute approximate surface area is 221 Å². The van der Waals surface area contributed by atoms with Crippen LogP contribution in [0.25, 0.3) is 0 Å². The summed E-state index contributed by atoms with van der Waals surface area (Å²) in [7, 11) is 0. The summed E-state index contributed by atoms with van der Waals surface area (Å²) in [6.07, 6.45) is -10.2. The fraction of sp³-hybridized carbons (Fsp3) is 0.560. The standard InChI is InChI=1S/C25H30F5N5O4/c1-5-35-18-11-34(10-16(18)32-22(35)21(31)36)17-9-15(33-23(37)39-24(2,3)4)19(38-20(17)25(28,29)30)13-8-12(26)6-7-14(13)27/h6-8,15,17,19-20H,5,9-11H2,1-4H3,(H2,31,36)(H,33,37)/t15-,17+,19+,20-/m0/s1. The average molecular weight is 560 g/mol. The number of imidazole rings is 1. The molecule has 2 aliphatic heterocycles. The van der Waals surface area contributed by atoms with E-state index < -0.39 is 65.3 Å². The average Bonchev–Trinajstić information content (AvgIpc) is 3.36. The highest BCUT2D eigenvalue weighted by atomic mass is 19.4. The Hall–Kier alpha value is -3.26. The van der Waals surface area contributed by atoms with Gasteiger partial charge in [0.15, 0.2) is 11.9 Å². The molecule has 1 saturated heterocycles. The van der Waals surface area contributed by atoms with Crippen molar-refractivity contribution in [3.63, 3.8) is 0 Å². The molecule has 0 bridgehead atoms. The van der Waals surface area contributed by atoms with E-state index in [2.05, 4.69) is 10.3 Å². The minimum atomic E-state index is -4.89. The maximum atomic E-state index is 14.8. The van der Waals surface area contributed by atoms with E-state index in [1.54, 1.807) is 32.3 Å². The second kappa shape index (κ2) is 10.4. The summed E-state index contributed by atoms with van der Waals surface area (Å²) in [4.78, 5) is 30.1. The van der Waals surface area contributed by atoms with Crippen LogP contribution in [0.15, 0.2) is 18.2 Å². The van der Waals surface area contributed by atoms with Gasteiger partial charge in [0.2, 0.25) is 0 Å². The van der Waals surface area contributed by atoms with Gasteiger partial charge in [-0.3, -0.25) is 9.69 Å². The third-order valence-electron chi connectivity index (χ3n) is 6.66. The predicted octanol–water partition coefficient (Wildman–Crippen LogP) is 3.95. The first-order chi connectivity index (χ1) is 18.1. The van der Waals surface area contributed by atoms with E-state index in [4.69, 9.17) is 15.2 Å². The molecule has 3 N–H and O–H groups in total. The van der Waals surface area contributed by atoms with Crippen LogP contribution in [0, 0.1) is 11.6 Å². The number of amides is 2. The summed E-state index contributed by atoms with van der Waals surface area (Å²) in [5.74, 6) is -2.60. The van der Waals surface area contributed by atoms with Crippen LogP contribution < -0.4 is 11.1 Å². The molecule has 14 heteroatoms. The molecule has 1 fully saturated rings. The van der Waals surface area contributed by atoms with Gasteiger partial charge in [0, 0.05) is 31.2 Å². The third kappa shape index (κ3) is 6.01. The minimum absolute atomic E-state index is 0.00219. The molecule has 3 heterocycles. The Morgan fingerprint density at radius 1 is 1.21 bits per heavy atom. The molecule has 0 spiro atoms. The Balaban J connectivity index is 1.70. The molecule has 4 rings (SSSR count). The van der Waals surface area contributed by atoms with E-state index in [0.717, 1.165) is 18.2 Å². The number of hydrogen-bond donors (Lipinski definition) is 2. The predicted molar refractivity (Wildman–Crippen MR) is 127 cm³/mol. The van der Waals surface area contributed by atoms with Gasteiger partial charge < -0.3 is 25.1 Å².